The molecule has 0 radical (unpaired) electrons. The minimum absolute atomic E-state index is 0.0173. The molecule has 0 N–H and O–H groups in total. The molecule has 0 unspecified atom stereocenters. The average molecular weight is 338 g/mol. The minimum atomic E-state index is -1.06. The van der Waals surface area contributed by atoms with Gasteiger partial charge in [0.05, 0.1) is 13.2 Å². The molecule has 0 aliphatic heterocycles. The molecule has 0 spiro atoms. The zero-order valence-corrected chi connectivity index (χ0v) is 13.9. The number of hydrogen-bond donors (Lipinski definition) is 0. The quantitative estimate of drug-likeness (QED) is 0.572. The van der Waals surface area contributed by atoms with E-state index in [1.54, 1.807) is 0 Å². The number of halogens is 3. The van der Waals surface area contributed by atoms with E-state index in [9.17, 15) is 13.2 Å². The van der Waals surface area contributed by atoms with Crippen LogP contribution in [0.1, 0.15) is 33.1 Å². The standard InChI is InChI=1S/C19H21F3O2/c1-3-5-11-24-17-9-7-14(18(21)19(17)22)13-6-8-16(15(20)12-13)23-10-4-2/h6-9,12H,3-5,10-11H2,1-2H3. The van der Waals surface area contributed by atoms with Crippen LogP contribution in [-0.2, 0) is 0 Å². The van der Waals surface area contributed by atoms with Crippen molar-refractivity contribution in [1.29, 1.82) is 0 Å². The second-order valence-corrected chi connectivity index (χ2v) is 5.43. The van der Waals surface area contributed by atoms with Crippen LogP contribution < -0.4 is 9.47 Å². The van der Waals surface area contributed by atoms with Gasteiger partial charge in [-0.2, -0.15) is 4.39 Å². The van der Waals surface area contributed by atoms with Gasteiger partial charge in [0.25, 0.3) is 0 Å². The van der Waals surface area contributed by atoms with E-state index >= 15 is 0 Å². The molecular weight excluding hydrogens is 317 g/mol. The van der Waals surface area contributed by atoms with E-state index in [0.717, 1.165) is 25.3 Å². The summed E-state index contributed by atoms with van der Waals surface area (Å²) >= 11 is 0. The highest BCUT2D eigenvalue weighted by molar-refractivity contribution is 5.66. The summed E-state index contributed by atoms with van der Waals surface area (Å²) in [6.07, 6.45) is 2.40. The molecule has 0 aliphatic rings. The summed E-state index contributed by atoms with van der Waals surface area (Å²) < 4.78 is 52.9. The number of hydrogen-bond acceptors (Lipinski definition) is 2. The van der Waals surface area contributed by atoms with Crippen molar-refractivity contribution >= 4 is 0 Å². The van der Waals surface area contributed by atoms with Crippen molar-refractivity contribution in [2.75, 3.05) is 13.2 Å². The molecule has 0 bridgehead atoms. The Kier molecular flexibility index (Phi) is 6.53. The summed E-state index contributed by atoms with van der Waals surface area (Å²) in [6, 6.07) is 6.82. The summed E-state index contributed by atoms with van der Waals surface area (Å²) in [5.41, 5.74) is 0.226. The van der Waals surface area contributed by atoms with Gasteiger partial charge in [-0.3, -0.25) is 0 Å². The molecule has 0 amide bonds. The van der Waals surface area contributed by atoms with E-state index in [-0.39, 0.29) is 22.6 Å². The van der Waals surface area contributed by atoms with E-state index in [0.29, 0.717) is 13.2 Å². The second kappa shape index (κ2) is 8.62. The fourth-order valence-corrected chi connectivity index (χ4v) is 2.19. The molecule has 0 fully saturated rings. The van der Waals surface area contributed by atoms with Crippen LogP contribution in [0.3, 0.4) is 0 Å². The van der Waals surface area contributed by atoms with Crippen molar-refractivity contribution in [3.63, 3.8) is 0 Å². The SMILES string of the molecule is CCCCOc1ccc(-c2ccc(OCCC)c(F)c2)c(F)c1F. The fraction of sp³-hybridized carbons (Fsp3) is 0.368. The van der Waals surface area contributed by atoms with E-state index in [1.807, 2.05) is 13.8 Å². The van der Waals surface area contributed by atoms with Gasteiger partial charge in [-0.1, -0.05) is 26.3 Å². The highest BCUT2D eigenvalue weighted by atomic mass is 19.2. The van der Waals surface area contributed by atoms with Crippen molar-refractivity contribution in [2.24, 2.45) is 0 Å². The lowest BCUT2D eigenvalue weighted by molar-refractivity contribution is 0.289. The summed E-state index contributed by atoms with van der Waals surface area (Å²) in [5, 5.41) is 0. The Morgan fingerprint density at radius 1 is 0.792 bits per heavy atom. The first-order valence-corrected chi connectivity index (χ1v) is 8.12. The lowest BCUT2D eigenvalue weighted by Crippen LogP contribution is -2.01. The number of unbranched alkanes of at least 4 members (excludes halogenated alkanes) is 1. The molecule has 0 aliphatic carbocycles. The Morgan fingerprint density at radius 2 is 1.50 bits per heavy atom. The zero-order chi connectivity index (χ0) is 17.5. The third-order valence-electron chi connectivity index (χ3n) is 3.51. The molecule has 0 saturated carbocycles. The van der Waals surface area contributed by atoms with E-state index in [1.165, 1.54) is 24.3 Å². The molecule has 5 heteroatoms. The van der Waals surface area contributed by atoms with E-state index in [4.69, 9.17) is 9.47 Å². The monoisotopic (exact) mass is 338 g/mol. The maximum absolute atomic E-state index is 14.3. The van der Waals surface area contributed by atoms with Gasteiger partial charge in [0, 0.05) is 5.56 Å². The molecule has 2 rings (SSSR count). The van der Waals surface area contributed by atoms with Crippen molar-refractivity contribution in [3.05, 3.63) is 47.8 Å². The summed E-state index contributed by atoms with van der Waals surface area (Å²) in [4.78, 5) is 0. The summed E-state index contributed by atoms with van der Waals surface area (Å²) in [5.74, 6) is -2.75. The van der Waals surface area contributed by atoms with Gasteiger partial charge in [0.1, 0.15) is 0 Å². The smallest absolute Gasteiger partial charge is 0.201 e. The second-order valence-electron chi connectivity index (χ2n) is 5.43. The third-order valence-corrected chi connectivity index (χ3v) is 3.51. The van der Waals surface area contributed by atoms with Crippen LogP contribution in [0.15, 0.2) is 30.3 Å². The fourth-order valence-electron chi connectivity index (χ4n) is 2.19. The first-order chi connectivity index (χ1) is 11.6. The molecular formula is C19H21F3O2. The van der Waals surface area contributed by atoms with Crippen LogP contribution in [0.4, 0.5) is 13.2 Å². The Balaban J connectivity index is 2.25. The molecule has 2 nitrogen and oxygen atoms in total. The highest BCUT2D eigenvalue weighted by Gasteiger charge is 2.17. The Labute approximate surface area is 140 Å². The maximum atomic E-state index is 14.3. The molecule has 0 aromatic heterocycles. The Morgan fingerprint density at radius 3 is 2.17 bits per heavy atom. The van der Waals surface area contributed by atoms with Crippen LogP contribution in [0, 0.1) is 17.5 Å². The molecule has 130 valence electrons. The third kappa shape index (κ3) is 4.22. The van der Waals surface area contributed by atoms with Gasteiger partial charge in [-0.15, -0.1) is 0 Å². The van der Waals surface area contributed by atoms with Gasteiger partial charge in [-0.25, -0.2) is 8.78 Å². The lowest BCUT2D eigenvalue weighted by Gasteiger charge is -2.11. The lowest BCUT2D eigenvalue weighted by atomic mass is 10.0. The zero-order valence-electron chi connectivity index (χ0n) is 13.9. The first kappa shape index (κ1) is 18.2. The number of benzene rings is 2. The molecule has 0 saturated heterocycles. The molecule has 0 atom stereocenters. The van der Waals surface area contributed by atoms with Crippen molar-refractivity contribution in [2.45, 2.75) is 33.1 Å². The molecule has 2 aromatic rings. The molecule has 2 aromatic carbocycles. The van der Waals surface area contributed by atoms with Crippen LogP contribution in [0.25, 0.3) is 11.1 Å². The number of ether oxygens (including phenoxy) is 2. The van der Waals surface area contributed by atoms with Gasteiger partial charge in [0.2, 0.25) is 5.82 Å². The predicted molar refractivity (Wildman–Crippen MR) is 87.9 cm³/mol. The predicted octanol–water partition coefficient (Wildman–Crippen LogP) is 5.74. The van der Waals surface area contributed by atoms with Crippen LogP contribution in [0.5, 0.6) is 11.5 Å². The van der Waals surface area contributed by atoms with Gasteiger partial charge < -0.3 is 9.47 Å². The van der Waals surface area contributed by atoms with Crippen molar-refractivity contribution in [3.8, 4) is 22.6 Å². The maximum Gasteiger partial charge on any atom is 0.201 e. The normalized spacial score (nSPS) is 10.7. The summed E-state index contributed by atoms with van der Waals surface area (Å²) in [7, 11) is 0. The van der Waals surface area contributed by atoms with Crippen molar-refractivity contribution < 1.29 is 22.6 Å². The topological polar surface area (TPSA) is 18.5 Å². The molecule has 24 heavy (non-hydrogen) atoms. The van der Waals surface area contributed by atoms with Gasteiger partial charge in [0.15, 0.2) is 23.1 Å². The largest absolute Gasteiger partial charge is 0.491 e. The average Bonchev–Trinajstić information content (AvgIpc) is 2.58. The van der Waals surface area contributed by atoms with Gasteiger partial charge in [-0.05, 0) is 42.7 Å². The molecule has 0 heterocycles. The minimum Gasteiger partial charge on any atom is -0.491 e. The van der Waals surface area contributed by atoms with Crippen LogP contribution in [-0.4, -0.2) is 13.2 Å². The van der Waals surface area contributed by atoms with Gasteiger partial charge >= 0.3 is 0 Å². The van der Waals surface area contributed by atoms with E-state index in [2.05, 4.69) is 0 Å². The highest BCUT2D eigenvalue weighted by Crippen LogP contribution is 2.32. The summed E-state index contributed by atoms with van der Waals surface area (Å²) in [6.45, 7) is 4.60. The van der Waals surface area contributed by atoms with Crippen molar-refractivity contribution in [1.82, 2.24) is 0 Å². The first-order valence-electron chi connectivity index (χ1n) is 8.12. The number of rotatable bonds is 8. The van der Waals surface area contributed by atoms with Crippen LogP contribution >= 0.6 is 0 Å². The van der Waals surface area contributed by atoms with Crippen LogP contribution in [0.2, 0.25) is 0 Å². The Hall–Kier alpha value is -2.17. The Bertz CT molecular complexity index is 687. The van der Waals surface area contributed by atoms with E-state index < -0.39 is 17.5 Å².